The van der Waals surface area contributed by atoms with Gasteiger partial charge in [0.05, 0.1) is 17.4 Å². The van der Waals surface area contributed by atoms with E-state index in [1.54, 1.807) is 6.20 Å². The predicted molar refractivity (Wildman–Crippen MR) is 107 cm³/mol. The van der Waals surface area contributed by atoms with Crippen LogP contribution in [0.25, 0.3) is 0 Å². The maximum Gasteiger partial charge on any atom is 0.115 e. The molecule has 8 atom stereocenters. The van der Waals surface area contributed by atoms with Gasteiger partial charge in [-0.15, -0.1) is 0 Å². The molecule has 1 heterocycles. The Hall–Kier alpha value is -0.970. The first-order valence-electron chi connectivity index (χ1n) is 11.3. The van der Waals surface area contributed by atoms with E-state index in [2.05, 4.69) is 18.8 Å². The number of pyridine rings is 1. The molecule has 4 saturated carbocycles. The largest absolute Gasteiger partial charge is 0.393 e. The monoisotopic (exact) mass is 385 g/mol. The SMILES string of the molecule is C[C@]12CC[C@H](O)C[C@H]1CC[C@@H]1[C@@H]2CC[C@]2(C)[C@@](O)(c3ccccn3)CC[C@]12O. The first-order chi connectivity index (χ1) is 13.2. The molecule has 28 heavy (non-hydrogen) atoms. The molecule has 0 aliphatic heterocycles. The summed E-state index contributed by atoms with van der Waals surface area (Å²) in [6.45, 7) is 4.54. The Labute approximate surface area is 168 Å². The van der Waals surface area contributed by atoms with Crippen LogP contribution in [0, 0.1) is 28.6 Å². The second-order valence-corrected chi connectivity index (χ2v) is 10.8. The summed E-state index contributed by atoms with van der Waals surface area (Å²) in [6.07, 6.45) is 9.72. The zero-order chi connectivity index (χ0) is 19.8. The average molecular weight is 386 g/mol. The molecule has 0 amide bonds. The first kappa shape index (κ1) is 19.0. The maximum absolute atomic E-state index is 12.2. The fraction of sp³-hybridized carbons (Fsp3) is 0.792. The Morgan fingerprint density at radius 2 is 1.75 bits per heavy atom. The van der Waals surface area contributed by atoms with Crippen LogP contribution in [-0.4, -0.2) is 32.0 Å². The number of aliphatic hydroxyl groups excluding tert-OH is 1. The molecule has 0 aromatic carbocycles. The summed E-state index contributed by atoms with van der Waals surface area (Å²) in [6, 6.07) is 5.74. The second kappa shape index (κ2) is 6.02. The van der Waals surface area contributed by atoms with Gasteiger partial charge in [-0.2, -0.15) is 0 Å². The lowest BCUT2D eigenvalue weighted by Crippen LogP contribution is -2.64. The zero-order valence-corrected chi connectivity index (χ0v) is 17.3. The minimum Gasteiger partial charge on any atom is -0.393 e. The fourth-order valence-corrected chi connectivity index (χ4v) is 8.24. The minimum atomic E-state index is -1.06. The van der Waals surface area contributed by atoms with E-state index in [1.807, 2.05) is 18.2 Å². The van der Waals surface area contributed by atoms with Crippen LogP contribution in [0.15, 0.2) is 24.4 Å². The maximum atomic E-state index is 12.2. The van der Waals surface area contributed by atoms with Crippen LogP contribution >= 0.6 is 0 Å². The van der Waals surface area contributed by atoms with Crippen molar-refractivity contribution in [3.05, 3.63) is 30.1 Å². The summed E-state index contributed by atoms with van der Waals surface area (Å²) < 4.78 is 0. The molecule has 1 aromatic rings. The van der Waals surface area contributed by atoms with Crippen LogP contribution in [-0.2, 0) is 5.60 Å². The van der Waals surface area contributed by atoms with Gasteiger partial charge in [-0.05, 0) is 93.1 Å². The van der Waals surface area contributed by atoms with Gasteiger partial charge in [-0.25, -0.2) is 0 Å². The number of aliphatic hydroxyl groups is 3. The normalized spacial score (nSPS) is 53.2. The Morgan fingerprint density at radius 1 is 0.929 bits per heavy atom. The standard InChI is InChI=1S/C24H35NO3/c1-21-10-8-17(26)15-16(21)6-7-19-18(21)9-11-22(2)23(19,27)12-13-24(22,28)20-5-3-4-14-25-20/h3-5,14,16-19,26-28H,6-13,15H2,1-2H3/t16-,17+,18+,19-,21+,22+,23+,24+/m1/s1. The Balaban J connectivity index is 1.52. The third-order valence-corrected chi connectivity index (χ3v) is 10.1. The summed E-state index contributed by atoms with van der Waals surface area (Å²) in [5, 5.41) is 34.2. The lowest BCUT2D eigenvalue weighted by atomic mass is 9.43. The molecule has 3 N–H and O–H groups in total. The topological polar surface area (TPSA) is 73.6 Å². The van der Waals surface area contributed by atoms with Gasteiger partial charge >= 0.3 is 0 Å². The molecule has 5 rings (SSSR count). The summed E-state index contributed by atoms with van der Waals surface area (Å²) in [4.78, 5) is 4.50. The van der Waals surface area contributed by atoms with E-state index in [9.17, 15) is 15.3 Å². The molecule has 154 valence electrons. The van der Waals surface area contributed by atoms with Crippen LogP contribution in [0.2, 0.25) is 0 Å². The van der Waals surface area contributed by atoms with Crippen LogP contribution < -0.4 is 0 Å². The van der Waals surface area contributed by atoms with Crippen molar-refractivity contribution in [3.63, 3.8) is 0 Å². The molecule has 4 fully saturated rings. The van der Waals surface area contributed by atoms with Crippen LogP contribution in [0.3, 0.4) is 0 Å². The van der Waals surface area contributed by atoms with Crippen molar-refractivity contribution in [1.29, 1.82) is 0 Å². The highest BCUT2D eigenvalue weighted by Gasteiger charge is 2.72. The molecule has 4 nitrogen and oxygen atoms in total. The molecule has 0 unspecified atom stereocenters. The third kappa shape index (κ3) is 2.20. The zero-order valence-electron chi connectivity index (χ0n) is 17.3. The van der Waals surface area contributed by atoms with E-state index >= 15 is 0 Å². The molecule has 0 bridgehead atoms. The summed E-state index contributed by atoms with van der Waals surface area (Å²) in [7, 11) is 0. The highest BCUT2D eigenvalue weighted by molar-refractivity contribution is 5.28. The summed E-state index contributed by atoms with van der Waals surface area (Å²) in [5.74, 6) is 1.30. The molecule has 0 saturated heterocycles. The molecule has 4 aliphatic carbocycles. The van der Waals surface area contributed by atoms with Gasteiger partial charge in [0.2, 0.25) is 0 Å². The number of nitrogens with zero attached hydrogens (tertiary/aromatic N) is 1. The highest BCUT2D eigenvalue weighted by Crippen LogP contribution is 2.71. The molecule has 0 radical (unpaired) electrons. The van der Waals surface area contributed by atoms with Crippen molar-refractivity contribution in [3.8, 4) is 0 Å². The molecule has 1 aromatic heterocycles. The van der Waals surface area contributed by atoms with Gasteiger partial charge in [-0.3, -0.25) is 4.98 Å². The van der Waals surface area contributed by atoms with Gasteiger partial charge in [-0.1, -0.05) is 19.9 Å². The van der Waals surface area contributed by atoms with Crippen molar-refractivity contribution in [2.24, 2.45) is 28.6 Å². The molecule has 4 aliphatic rings. The smallest absolute Gasteiger partial charge is 0.115 e. The minimum absolute atomic E-state index is 0.146. The lowest BCUT2D eigenvalue weighted by molar-refractivity contribution is -0.239. The van der Waals surface area contributed by atoms with Crippen molar-refractivity contribution in [1.82, 2.24) is 4.98 Å². The van der Waals surface area contributed by atoms with Gasteiger partial charge < -0.3 is 15.3 Å². The highest BCUT2D eigenvalue weighted by atomic mass is 16.3. The van der Waals surface area contributed by atoms with Crippen LogP contribution in [0.1, 0.15) is 77.3 Å². The Bertz CT molecular complexity index is 755. The van der Waals surface area contributed by atoms with Crippen molar-refractivity contribution >= 4 is 0 Å². The molecule has 4 heteroatoms. The fourth-order valence-electron chi connectivity index (χ4n) is 8.24. The molecular weight excluding hydrogens is 350 g/mol. The molecular formula is C24H35NO3. The van der Waals surface area contributed by atoms with E-state index in [4.69, 9.17) is 0 Å². The van der Waals surface area contributed by atoms with Crippen molar-refractivity contribution < 1.29 is 15.3 Å². The lowest BCUT2D eigenvalue weighted by Gasteiger charge is -2.64. The van der Waals surface area contributed by atoms with Gasteiger partial charge in [0.15, 0.2) is 0 Å². The van der Waals surface area contributed by atoms with E-state index in [0.717, 1.165) is 44.9 Å². The quantitative estimate of drug-likeness (QED) is 0.688. The third-order valence-electron chi connectivity index (χ3n) is 10.1. The second-order valence-electron chi connectivity index (χ2n) is 10.8. The predicted octanol–water partition coefficient (Wildman–Crippen LogP) is 3.79. The summed E-state index contributed by atoms with van der Waals surface area (Å²) in [5.41, 5.74) is -1.54. The van der Waals surface area contributed by atoms with Gasteiger partial charge in [0.25, 0.3) is 0 Å². The van der Waals surface area contributed by atoms with E-state index in [-0.39, 0.29) is 17.4 Å². The number of fused-ring (bicyclic) bond motifs is 5. The van der Waals surface area contributed by atoms with Gasteiger partial charge in [0.1, 0.15) is 5.60 Å². The van der Waals surface area contributed by atoms with E-state index in [1.165, 1.54) is 0 Å². The average Bonchev–Trinajstić information content (AvgIpc) is 2.91. The number of hydrogen-bond acceptors (Lipinski definition) is 4. The van der Waals surface area contributed by atoms with Crippen molar-refractivity contribution in [2.75, 3.05) is 0 Å². The van der Waals surface area contributed by atoms with Crippen LogP contribution in [0.5, 0.6) is 0 Å². The molecule has 0 spiro atoms. The number of aromatic nitrogens is 1. The number of rotatable bonds is 1. The van der Waals surface area contributed by atoms with E-state index in [0.29, 0.717) is 30.4 Å². The van der Waals surface area contributed by atoms with Crippen LogP contribution in [0.4, 0.5) is 0 Å². The van der Waals surface area contributed by atoms with Gasteiger partial charge in [0, 0.05) is 11.6 Å². The summed E-state index contributed by atoms with van der Waals surface area (Å²) >= 11 is 0. The Kier molecular flexibility index (Phi) is 4.09. The van der Waals surface area contributed by atoms with Crippen molar-refractivity contribution in [2.45, 2.75) is 88.9 Å². The Morgan fingerprint density at radius 3 is 2.50 bits per heavy atom. The van der Waals surface area contributed by atoms with E-state index < -0.39 is 16.6 Å². The first-order valence-corrected chi connectivity index (χ1v) is 11.3. The number of hydrogen-bond donors (Lipinski definition) is 3.